The summed E-state index contributed by atoms with van der Waals surface area (Å²) in [5.41, 5.74) is 1.63. The first kappa shape index (κ1) is 17.7. The average Bonchev–Trinajstić information content (AvgIpc) is 3.08. The van der Waals surface area contributed by atoms with Gasteiger partial charge in [-0.15, -0.1) is 11.3 Å². The van der Waals surface area contributed by atoms with Gasteiger partial charge in [0.2, 0.25) is 0 Å². The SMILES string of the molecule is C/C=C/C=C/C(=O)OCc1csc(-c2ccc(OC)c(OC)c2)n1. The Bertz CT molecular complexity index is 749. The topological polar surface area (TPSA) is 57.7 Å². The van der Waals surface area contributed by atoms with Crippen LogP contribution in [0.1, 0.15) is 12.6 Å². The highest BCUT2D eigenvalue weighted by Gasteiger charge is 2.10. The number of allylic oxidation sites excluding steroid dienone is 3. The second-order valence-corrected chi connectivity index (χ2v) is 5.56. The maximum absolute atomic E-state index is 11.5. The summed E-state index contributed by atoms with van der Waals surface area (Å²) in [6, 6.07) is 5.62. The van der Waals surface area contributed by atoms with E-state index < -0.39 is 5.97 Å². The fourth-order valence-corrected chi connectivity index (χ4v) is 2.71. The predicted molar refractivity (Wildman–Crippen MR) is 94.4 cm³/mol. The summed E-state index contributed by atoms with van der Waals surface area (Å²) in [7, 11) is 3.19. The van der Waals surface area contributed by atoms with E-state index in [0.29, 0.717) is 17.2 Å². The van der Waals surface area contributed by atoms with Crippen LogP contribution >= 0.6 is 11.3 Å². The maximum atomic E-state index is 11.5. The van der Waals surface area contributed by atoms with Crippen molar-refractivity contribution in [3.63, 3.8) is 0 Å². The van der Waals surface area contributed by atoms with Gasteiger partial charge in [0, 0.05) is 17.0 Å². The molecule has 1 aromatic heterocycles. The molecule has 0 spiro atoms. The molecule has 0 saturated carbocycles. The van der Waals surface area contributed by atoms with Crippen molar-refractivity contribution in [1.82, 2.24) is 4.98 Å². The van der Waals surface area contributed by atoms with Crippen LogP contribution in [0.5, 0.6) is 11.5 Å². The monoisotopic (exact) mass is 345 g/mol. The van der Waals surface area contributed by atoms with E-state index in [9.17, 15) is 4.79 Å². The van der Waals surface area contributed by atoms with E-state index in [-0.39, 0.29) is 6.61 Å². The Labute approximate surface area is 145 Å². The van der Waals surface area contributed by atoms with E-state index >= 15 is 0 Å². The van der Waals surface area contributed by atoms with Gasteiger partial charge in [-0.05, 0) is 25.1 Å². The van der Waals surface area contributed by atoms with E-state index in [1.54, 1.807) is 26.4 Å². The average molecular weight is 345 g/mol. The smallest absolute Gasteiger partial charge is 0.331 e. The molecule has 0 saturated heterocycles. The highest BCUT2D eigenvalue weighted by molar-refractivity contribution is 7.13. The van der Waals surface area contributed by atoms with Gasteiger partial charge in [-0.3, -0.25) is 0 Å². The highest BCUT2D eigenvalue weighted by Crippen LogP contribution is 2.33. The third-order valence-electron chi connectivity index (χ3n) is 3.08. The van der Waals surface area contributed by atoms with E-state index in [0.717, 1.165) is 10.6 Å². The van der Waals surface area contributed by atoms with E-state index in [1.807, 2.05) is 36.6 Å². The van der Waals surface area contributed by atoms with Crippen LogP contribution in [0.15, 0.2) is 47.9 Å². The van der Waals surface area contributed by atoms with Gasteiger partial charge in [-0.2, -0.15) is 0 Å². The Balaban J connectivity index is 2.04. The van der Waals surface area contributed by atoms with Gasteiger partial charge in [0.15, 0.2) is 11.5 Å². The van der Waals surface area contributed by atoms with Crippen LogP contribution in [-0.2, 0) is 16.1 Å². The summed E-state index contributed by atoms with van der Waals surface area (Å²) in [6.45, 7) is 2.02. The Morgan fingerprint density at radius 3 is 2.71 bits per heavy atom. The zero-order valence-corrected chi connectivity index (χ0v) is 14.6. The molecule has 0 radical (unpaired) electrons. The summed E-state index contributed by atoms with van der Waals surface area (Å²) in [5.74, 6) is 0.918. The van der Waals surface area contributed by atoms with Crippen LogP contribution in [0.3, 0.4) is 0 Å². The molecular formula is C18H19NO4S. The number of thiazole rings is 1. The number of aromatic nitrogens is 1. The molecule has 2 aromatic rings. The molecule has 1 aromatic carbocycles. The molecule has 1 heterocycles. The Morgan fingerprint density at radius 1 is 1.21 bits per heavy atom. The number of hydrogen-bond acceptors (Lipinski definition) is 6. The molecule has 6 heteroatoms. The molecule has 0 N–H and O–H groups in total. The lowest BCUT2D eigenvalue weighted by atomic mass is 10.2. The quantitative estimate of drug-likeness (QED) is 0.431. The molecule has 24 heavy (non-hydrogen) atoms. The molecule has 0 bridgehead atoms. The van der Waals surface area contributed by atoms with Crippen molar-refractivity contribution >= 4 is 17.3 Å². The minimum atomic E-state index is -0.395. The van der Waals surface area contributed by atoms with Gasteiger partial charge in [0.1, 0.15) is 11.6 Å². The number of benzene rings is 1. The highest BCUT2D eigenvalue weighted by atomic mass is 32.1. The van der Waals surface area contributed by atoms with Crippen LogP contribution < -0.4 is 9.47 Å². The van der Waals surface area contributed by atoms with Crippen molar-refractivity contribution < 1.29 is 19.0 Å². The largest absolute Gasteiger partial charge is 0.493 e. The second kappa shape index (κ2) is 8.88. The van der Waals surface area contributed by atoms with Crippen LogP contribution in [0, 0.1) is 0 Å². The molecule has 5 nitrogen and oxygen atoms in total. The zero-order chi connectivity index (χ0) is 17.4. The number of nitrogens with zero attached hydrogens (tertiary/aromatic N) is 1. The van der Waals surface area contributed by atoms with Crippen molar-refractivity contribution in [2.75, 3.05) is 14.2 Å². The molecule has 2 rings (SSSR count). The Kier molecular flexibility index (Phi) is 6.57. The summed E-state index contributed by atoms with van der Waals surface area (Å²) < 4.78 is 15.7. The van der Waals surface area contributed by atoms with Crippen LogP contribution in [0.25, 0.3) is 10.6 Å². The lowest BCUT2D eigenvalue weighted by Gasteiger charge is -2.08. The van der Waals surface area contributed by atoms with E-state index in [1.165, 1.54) is 17.4 Å². The van der Waals surface area contributed by atoms with Crippen LogP contribution in [0.2, 0.25) is 0 Å². The number of hydrogen-bond donors (Lipinski definition) is 0. The molecule has 0 unspecified atom stereocenters. The molecule has 0 aliphatic heterocycles. The molecular weight excluding hydrogens is 326 g/mol. The molecule has 0 atom stereocenters. The molecule has 0 aliphatic rings. The molecule has 0 aliphatic carbocycles. The standard InChI is InChI=1S/C18H19NO4S/c1-4-5-6-7-17(20)23-11-14-12-24-18(19-14)13-8-9-15(21-2)16(10-13)22-3/h4-10,12H,11H2,1-3H3/b5-4+,7-6+. The fraction of sp³-hybridized carbons (Fsp3) is 0.222. The van der Waals surface area contributed by atoms with Crippen molar-refractivity contribution in [2.45, 2.75) is 13.5 Å². The minimum Gasteiger partial charge on any atom is -0.493 e. The van der Waals surface area contributed by atoms with Crippen molar-refractivity contribution in [3.8, 4) is 22.1 Å². The third kappa shape index (κ3) is 4.70. The van der Waals surface area contributed by atoms with Crippen LogP contribution in [0.4, 0.5) is 0 Å². The number of rotatable bonds is 7. The van der Waals surface area contributed by atoms with E-state index in [4.69, 9.17) is 14.2 Å². The van der Waals surface area contributed by atoms with Crippen molar-refractivity contribution in [2.24, 2.45) is 0 Å². The molecule has 0 fully saturated rings. The lowest BCUT2D eigenvalue weighted by molar-refractivity contribution is -0.139. The predicted octanol–water partition coefficient (Wildman–Crippen LogP) is 4.00. The number of methoxy groups -OCH3 is 2. The number of carbonyl (C=O) groups is 1. The number of ether oxygens (including phenoxy) is 3. The van der Waals surface area contributed by atoms with Crippen molar-refractivity contribution in [1.29, 1.82) is 0 Å². The molecule has 126 valence electrons. The van der Waals surface area contributed by atoms with Crippen molar-refractivity contribution in [3.05, 3.63) is 53.6 Å². The van der Waals surface area contributed by atoms with Gasteiger partial charge < -0.3 is 14.2 Å². The first-order valence-corrected chi connectivity index (χ1v) is 8.18. The number of esters is 1. The summed E-state index contributed by atoms with van der Waals surface area (Å²) in [6.07, 6.45) is 6.61. The number of carbonyl (C=O) groups excluding carboxylic acids is 1. The Hall–Kier alpha value is -2.60. The van der Waals surface area contributed by atoms with Gasteiger partial charge in [-0.25, -0.2) is 9.78 Å². The maximum Gasteiger partial charge on any atom is 0.331 e. The summed E-state index contributed by atoms with van der Waals surface area (Å²) in [5, 5.41) is 2.70. The van der Waals surface area contributed by atoms with E-state index in [2.05, 4.69) is 4.98 Å². The minimum absolute atomic E-state index is 0.142. The van der Waals surface area contributed by atoms with Gasteiger partial charge in [0.25, 0.3) is 0 Å². The summed E-state index contributed by atoms with van der Waals surface area (Å²) in [4.78, 5) is 16.0. The third-order valence-corrected chi connectivity index (χ3v) is 4.02. The first-order valence-electron chi connectivity index (χ1n) is 7.30. The molecule has 0 amide bonds. The normalized spacial score (nSPS) is 11.1. The van der Waals surface area contributed by atoms with Crippen LogP contribution in [-0.4, -0.2) is 25.2 Å². The second-order valence-electron chi connectivity index (χ2n) is 4.71. The van der Waals surface area contributed by atoms with Gasteiger partial charge in [0.05, 0.1) is 19.9 Å². The first-order chi connectivity index (χ1) is 11.7. The zero-order valence-electron chi connectivity index (χ0n) is 13.8. The Morgan fingerprint density at radius 2 is 2.00 bits per heavy atom. The van der Waals surface area contributed by atoms with Gasteiger partial charge in [-0.1, -0.05) is 18.2 Å². The fourth-order valence-electron chi connectivity index (χ4n) is 1.91. The lowest BCUT2D eigenvalue weighted by Crippen LogP contribution is -2.00. The summed E-state index contributed by atoms with van der Waals surface area (Å²) >= 11 is 1.48. The van der Waals surface area contributed by atoms with Gasteiger partial charge >= 0.3 is 5.97 Å².